The zero-order chi connectivity index (χ0) is 29.6. The predicted molar refractivity (Wildman–Crippen MR) is 150 cm³/mol. The molecule has 4 atom stereocenters. The van der Waals surface area contributed by atoms with Crippen molar-refractivity contribution in [1.82, 2.24) is 5.32 Å². The quantitative estimate of drug-likeness (QED) is 0.298. The van der Waals surface area contributed by atoms with Crippen LogP contribution in [0.3, 0.4) is 0 Å². The van der Waals surface area contributed by atoms with Crippen molar-refractivity contribution in [2.24, 2.45) is 0 Å². The summed E-state index contributed by atoms with van der Waals surface area (Å²) in [5, 5.41) is 14.2. The first-order chi connectivity index (χ1) is 18.6. The monoisotopic (exact) mass is 588 g/mol. The van der Waals surface area contributed by atoms with Crippen molar-refractivity contribution in [3.8, 4) is 6.07 Å². The highest BCUT2D eigenvalue weighted by Crippen LogP contribution is 2.53. The molecule has 0 bridgehead atoms. The van der Waals surface area contributed by atoms with E-state index in [1.807, 2.05) is 32.9 Å². The number of hydrogen-bond donors (Lipinski definition) is 1. The van der Waals surface area contributed by atoms with E-state index in [9.17, 15) is 10.1 Å². The lowest BCUT2D eigenvalue weighted by atomic mass is 9.62. The van der Waals surface area contributed by atoms with Crippen LogP contribution in [0.2, 0.25) is 10.0 Å². The Labute approximate surface area is 243 Å². The maximum absolute atomic E-state index is 15.8. The summed E-state index contributed by atoms with van der Waals surface area (Å²) in [6.45, 7) is 10.8. The molecule has 0 spiro atoms. The number of furan rings is 1. The van der Waals surface area contributed by atoms with Crippen LogP contribution < -0.4 is 5.32 Å². The molecule has 1 aromatic heterocycles. The van der Waals surface area contributed by atoms with Gasteiger partial charge >= 0.3 is 5.97 Å². The Morgan fingerprint density at radius 2 is 1.82 bits per heavy atom. The van der Waals surface area contributed by atoms with Crippen LogP contribution >= 0.6 is 23.2 Å². The van der Waals surface area contributed by atoms with E-state index < -0.39 is 52.0 Å². The molecule has 3 aromatic rings. The molecule has 0 aliphatic carbocycles. The first-order valence-corrected chi connectivity index (χ1v) is 13.7. The first kappa shape index (κ1) is 30.0. The second-order valence-electron chi connectivity index (χ2n) is 12.0. The minimum atomic E-state index is -1.78. The fourth-order valence-electron chi connectivity index (χ4n) is 5.70. The van der Waals surface area contributed by atoms with Crippen molar-refractivity contribution in [3.63, 3.8) is 0 Å². The van der Waals surface area contributed by atoms with Gasteiger partial charge in [0.05, 0.1) is 11.1 Å². The summed E-state index contributed by atoms with van der Waals surface area (Å²) in [6.07, 6.45) is 0.230. The average molecular weight is 590 g/mol. The molecule has 0 radical (unpaired) electrons. The Morgan fingerprint density at radius 1 is 1.12 bits per heavy atom. The number of nitriles is 1. The van der Waals surface area contributed by atoms with E-state index in [0.29, 0.717) is 11.5 Å². The normalized spacial score (nSPS) is 23.2. The number of aryl methyl sites for hydroxylation is 1. The topological polar surface area (TPSA) is 75.3 Å². The van der Waals surface area contributed by atoms with E-state index in [1.54, 1.807) is 20.8 Å². The molecule has 9 heteroatoms. The van der Waals surface area contributed by atoms with Gasteiger partial charge < -0.3 is 9.15 Å². The van der Waals surface area contributed by atoms with Crippen LogP contribution in [-0.2, 0) is 20.4 Å². The Bertz CT molecular complexity index is 1470. The zero-order valence-electron chi connectivity index (χ0n) is 23.2. The lowest BCUT2D eigenvalue weighted by Gasteiger charge is -2.38. The summed E-state index contributed by atoms with van der Waals surface area (Å²) in [7, 11) is 0. The van der Waals surface area contributed by atoms with Gasteiger partial charge in [-0.25, -0.2) is 8.78 Å². The molecule has 40 heavy (non-hydrogen) atoms. The molecule has 2 aromatic carbocycles. The lowest BCUT2D eigenvalue weighted by Crippen LogP contribution is -2.46. The molecule has 1 N–H and O–H groups in total. The molecule has 1 aliphatic rings. The minimum absolute atomic E-state index is 0.000841. The number of ether oxygens (including phenoxy) is 1. The highest BCUT2D eigenvalue weighted by molar-refractivity contribution is 6.31. The van der Waals surface area contributed by atoms with E-state index in [2.05, 4.69) is 11.4 Å². The van der Waals surface area contributed by atoms with Gasteiger partial charge in [-0.05, 0) is 70.0 Å². The van der Waals surface area contributed by atoms with Crippen LogP contribution in [0.1, 0.15) is 69.6 Å². The number of benzene rings is 2. The van der Waals surface area contributed by atoms with E-state index in [-0.39, 0.29) is 27.6 Å². The van der Waals surface area contributed by atoms with Crippen molar-refractivity contribution in [1.29, 1.82) is 5.26 Å². The minimum Gasteiger partial charge on any atom is -0.466 e. The van der Waals surface area contributed by atoms with Crippen LogP contribution in [-0.4, -0.2) is 23.7 Å². The Hall–Kier alpha value is -2.92. The largest absolute Gasteiger partial charge is 0.466 e. The summed E-state index contributed by atoms with van der Waals surface area (Å²) >= 11 is 12.3. The second-order valence-corrected chi connectivity index (χ2v) is 12.8. The Balaban J connectivity index is 2.00. The first-order valence-electron chi connectivity index (χ1n) is 13.0. The molecule has 1 saturated heterocycles. The van der Waals surface area contributed by atoms with Crippen molar-refractivity contribution in [3.05, 3.63) is 92.9 Å². The zero-order valence-corrected chi connectivity index (χ0v) is 24.8. The van der Waals surface area contributed by atoms with Gasteiger partial charge in [-0.2, -0.15) is 5.26 Å². The summed E-state index contributed by atoms with van der Waals surface area (Å²) < 4.78 is 43.2. The van der Waals surface area contributed by atoms with Gasteiger partial charge in [0.1, 0.15) is 40.2 Å². The van der Waals surface area contributed by atoms with Gasteiger partial charge in [0, 0.05) is 28.0 Å². The van der Waals surface area contributed by atoms with Crippen molar-refractivity contribution >= 4 is 29.2 Å². The maximum Gasteiger partial charge on any atom is 0.324 e. The number of carbonyl (C=O) groups is 1. The molecule has 0 amide bonds. The Kier molecular flexibility index (Phi) is 8.12. The van der Waals surface area contributed by atoms with Gasteiger partial charge in [0.2, 0.25) is 0 Å². The summed E-state index contributed by atoms with van der Waals surface area (Å²) in [5.41, 5.74) is -3.34. The number of carbonyl (C=O) groups excluding carboxylic acids is 1. The molecule has 1 aliphatic heterocycles. The maximum atomic E-state index is 15.8. The predicted octanol–water partition coefficient (Wildman–Crippen LogP) is 7.77. The van der Waals surface area contributed by atoms with Gasteiger partial charge in [-0.1, -0.05) is 55.2 Å². The van der Waals surface area contributed by atoms with E-state index in [4.69, 9.17) is 32.4 Å². The molecular weight excluding hydrogens is 557 g/mol. The van der Waals surface area contributed by atoms with Gasteiger partial charge in [-0.15, -0.1) is 0 Å². The highest BCUT2D eigenvalue weighted by Gasteiger charge is 2.62. The number of rotatable bonds is 6. The van der Waals surface area contributed by atoms with Crippen LogP contribution in [0.15, 0.2) is 52.9 Å². The molecule has 1 fully saturated rings. The fraction of sp³-hybridized carbons (Fsp3) is 0.419. The average Bonchev–Trinajstić information content (AvgIpc) is 3.42. The third kappa shape index (κ3) is 5.50. The molecule has 0 saturated carbocycles. The van der Waals surface area contributed by atoms with Gasteiger partial charge in [-0.3, -0.25) is 10.1 Å². The van der Waals surface area contributed by atoms with Crippen LogP contribution in [0.4, 0.5) is 8.78 Å². The molecule has 2 heterocycles. The van der Waals surface area contributed by atoms with Gasteiger partial charge in [0.25, 0.3) is 0 Å². The number of hydrogen-bond acceptors (Lipinski definition) is 5. The SMILES string of the molecule is Cc1ccc(C(C)(C)CC2NC(C(=O)OC(C)(C)C)C(c3cccc(Cl)c3F)C2(C#N)c2ccc(Cl)cc2F)o1. The molecule has 4 rings (SSSR count). The number of nitrogens with zero attached hydrogens (tertiary/aromatic N) is 1. The van der Waals surface area contributed by atoms with E-state index in [0.717, 1.165) is 6.07 Å². The third-order valence-corrected chi connectivity index (χ3v) is 7.94. The fourth-order valence-corrected chi connectivity index (χ4v) is 6.04. The summed E-state index contributed by atoms with van der Waals surface area (Å²) in [6, 6.07) is 12.3. The van der Waals surface area contributed by atoms with Crippen LogP contribution in [0.25, 0.3) is 0 Å². The smallest absolute Gasteiger partial charge is 0.324 e. The number of halogens is 4. The van der Waals surface area contributed by atoms with Gasteiger partial charge in [0.15, 0.2) is 0 Å². The van der Waals surface area contributed by atoms with Crippen LogP contribution in [0.5, 0.6) is 0 Å². The third-order valence-electron chi connectivity index (χ3n) is 7.42. The standard InChI is InChI=1S/C31H32Cl2F2N2O3/c1-17-10-13-24(39-17)30(5,6)15-23-31(16-36,20-12-11-18(32)14-22(20)34)25(19-8-7-9-21(33)26(19)35)27(37-23)28(38)40-29(2,3)4/h7-14,23,25,27,37H,15H2,1-6H3. The number of esters is 1. The van der Waals surface area contributed by atoms with E-state index >= 15 is 8.78 Å². The number of nitrogens with one attached hydrogen (secondary N) is 1. The molecular formula is C31H32Cl2F2N2O3. The van der Waals surface area contributed by atoms with Crippen molar-refractivity contribution in [2.75, 3.05) is 0 Å². The molecule has 212 valence electrons. The van der Waals surface area contributed by atoms with E-state index in [1.165, 1.54) is 30.3 Å². The van der Waals surface area contributed by atoms with Crippen molar-refractivity contribution < 1.29 is 22.7 Å². The summed E-state index contributed by atoms with van der Waals surface area (Å²) in [5.74, 6) is -2.07. The van der Waals surface area contributed by atoms with Crippen molar-refractivity contribution in [2.45, 2.75) is 82.4 Å². The molecule has 5 nitrogen and oxygen atoms in total. The molecule has 4 unspecified atom stereocenters. The second kappa shape index (κ2) is 10.8. The van der Waals surface area contributed by atoms with Crippen LogP contribution in [0, 0.1) is 29.9 Å². The lowest BCUT2D eigenvalue weighted by molar-refractivity contribution is -0.157. The summed E-state index contributed by atoms with van der Waals surface area (Å²) in [4.78, 5) is 13.7. The Morgan fingerprint density at radius 3 is 2.40 bits per heavy atom. The highest BCUT2D eigenvalue weighted by atomic mass is 35.5.